The van der Waals surface area contributed by atoms with Gasteiger partial charge < -0.3 is 9.47 Å². The molecule has 1 aromatic rings. The lowest BCUT2D eigenvalue weighted by atomic mass is 10.0. The van der Waals surface area contributed by atoms with Crippen LogP contribution in [0.1, 0.15) is 46.1 Å². The van der Waals surface area contributed by atoms with Crippen molar-refractivity contribution in [1.82, 2.24) is 0 Å². The van der Waals surface area contributed by atoms with Crippen molar-refractivity contribution in [2.75, 3.05) is 13.2 Å². The monoisotopic (exact) mass is 308 g/mol. The van der Waals surface area contributed by atoms with Crippen molar-refractivity contribution >= 4 is 11.6 Å². The van der Waals surface area contributed by atoms with Gasteiger partial charge in [-0.05, 0) is 37.8 Å². The molecule has 1 unspecified atom stereocenters. The van der Waals surface area contributed by atoms with Crippen LogP contribution in [0, 0.1) is 17.8 Å². The van der Waals surface area contributed by atoms with Crippen LogP contribution in [0.4, 0.5) is 0 Å². The third kappa shape index (κ3) is 5.89. The maximum Gasteiger partial charge on any atom is 0.141 e. The predicted octanol–water partition coefficient (Wildman–Crippen LogP) is 5.12. The highest BCUT2D eigenvalue weighted by atomic mass is 35.5. The minimum absolute atomic E-state index is 0.275. The van der Waals surface area contributed by atoms with Gasteiger partial charge in [0.25, 0.3) is 0 Å². The first-order valence-electron chi connectivity index (χ1n) is 7.62. The molecule has 1 aromatic carbocycles. The van der Waals surface area contributed by atoms with Crippen LogP contribution < -0.4 is 9.47 Å². The Kier molecular flexibility index (Phi) is 8.08. The van der Waals surface area contributed by atoms with Crippen molar-refractivity contribution in [3.63, 3.8) is 0 Å². The van der Waals surface area contributed by atoms with Crippen LogP contribution in [-0.4, -0.2) is 13.2 Å². The fourth-order valence-electron chi connectivity index (χ4n) is 2.03. The summed E-state index contributed by atoms with van der Waals surface area (Å²) in [6.45, 7) is 9.48. The summed E-state index contributed by atoms with van der Waals surface area (Å²) in [5, 5.41) is 0.638. The number of rotatable bonds is 8. The molecule has 0 aliphatic carbocycles. The zero-order chi connectivity index (χ0) is 15.7. The maximum absolute atomic E-state index is 6.32. The summed E-state index contributed by atoms with van der Waals surface area (Å²) in [5.41, 5.74) is 1.09. The highest BCUT2D eigenvalue weighted by Gasteiger charge is 2.13. The Balaban J connectivity index is 3.02. The normalized spacial score (nSPS) is 11.5. The number of benzene rings is 1. The summed E-state index contributed by atoms with van der Waals surface area (Å²) in [4.78, 5) is 0. The quantitative estimate of drug-likeness (QED) is 0.621. The van der Waals surface area contributed by atoms with Crippen LogP contribution in [0.2, 0.25) is 5.02 Å². The van der Waals surface area contributed by atoms with Crippen LogP contribution in [0.3, 0.4) is 0 Å². The molecule has 0 radical (unpaired) electrons. The molecule has 0 fully saturated rings. The van der Waals surface area contributed by atoms with Crippen LogP contribution in [-0.2, 0) is 6.42 Å². The molecule has 0 aliphatic heterocycles. The molecule has 116 valence electrons. The van der Waals surface area contributed by atoms with Gasteiger partial charge in [0, 0.05) is 12.0 Å². The van der Waals surface area contributed by atoms with Gasteiger partial charge in [-0.25, -0.2) is 0 Å². The summed E-state index contributed by atoms with van der Waals surface area (Å²) >= 11 is 6.32. The molecule has 0 heterocycles. The van der Waals surface area contributed by atoms with Gasteiger partial charge in [0.05, 0.1) is 18.2 Å². The maximum atomic E-state index is 6.32. The Labute approximate surface area is 133 Å². The van der Waals surface area contributed by atoms with Gasteiger partial charge in [0.1, 0.15) is 11.5 Å². The first kappa shape index (κ1) is 17.7. The van der Waals surface area contributed by atoms with Crippen molar-refractivity contribution < 1.29 is 9.47 Å². The standard InChI is InChI=1S/C18H25ClO2/c1-5-8-14(4)11-15-12-16(19)18(21-10-7-3)13-17(15)20-9-6-2/h12-14H,6-7,9-11H2,1-4H3. The molecule has 0 N–H and O–H groups in total. The number of ether oxygens (including phenoxy) is 2. The van der Waals surface area contributed by atoms with Crippen molar-refractivity contribution in [1.29, 1.82) is 0 Å². The molecular weight excluding hydrogens is 284 g/mol. The van der Waals surface area contributed by atoms with E-state index in [0.29, 0.717) is 24.0 Å². The van der Waals surface area contributed by atoms with Gasteiger partial charge in [-0.15, -0.1) is 11.8 Å². The molecule has 1 atom stereocenters. The Morgan fingerprint density at radius 1 is 1.10 bits per heavy atom. The predicted molar refractivity (Wildman–Crippen MR) is 89.3 cm³/mol. The topological polar surface area (TPSA) is 18.5 Å². The molecule has 0 saturated heterocycles. The largest absolute Gasteiger partial charge is 0.493 e. The smallest absolute Gasteiger partial charge is 0.141 e. The fourth-order valence-corrected chi connectivity index (χ4v) is 2.27. The average Bonchev–Trinajstić information content (AvgIpc) is 2.45. The Morgan fingerprint density at radius 3 is 2.29 bits per heavy atom. The molecule has 2 nitrogen and oxygen atoms in total. The third-order valence-corrected chi connectivity index (χ3v) is 3.25. The van der Waals surface area contributed by atoms with Crippen molar-refractivity contribution in [3.05, 3.63) is 22.7 Å². The Morgan fingerprint density at radius 2 is 1.71 bits per heavy atom. The molecular formula is C18H25ClO2. The lowest BCUT2D eigenvalue weighted by Gasteiger charge is -2.16. The summed E-state index contributed by atoms with van der Waals surface area (Å²) < 4.78 is 11.5. The Hall–Kier alpha value is -1.33. The van der Waals surface area contributed by atoms with E-state index in [0.717, 1.165) is 30.6 Å². The number of hydrogen-bond donors (Lipinski definition) is 0. The SMILES string of the molecule is CC#CC(C)Cc1cc(Cl)c(OCCC)cc1OCCC. The zero-order valence-electron chi connectivity index (χ0n) is 13.5. The summed E-state index contributed by atoms with van der Waals surface area (Å²) in [6, 6.07) is 3.86. The second kappa shape index (κ2) is 9.58. The van der Waals surface area contributed by atoms with E-state index in [1.807, 2.05) is 19.1 Å². The van der Waals surface area contributed by atoms with E-state index in [4.69, 9.17) is 21.1 Å². The second-order valence-corrected chi connectivity index (χ2v) is 5.49. The van der Waals surface area contributed by atoms with Gasteiger partial charge >= 0.3 is 0 Å². The highest BCUT2D eigenvalue weighted by Crippen LogP contribution is 2.34. The second-order valence-electron chi connectivity index (χ2n) is 5.09. The minimum atomic E-state index is 0.275. The van der Waals surface area contributed by atoms with E-state index in [2.05, 4.69) is 32.6 Å². The van der Waals surface area contributed by atoms with Crippen LogP contribution >= 0.6 is 11.6 Å². The molecule has 3 heteroatoms. The summed E-state index contributed by atoms with van der Waals surface area (Å²) in [7, 11) is 0. The minimum Gasteiger partial charge on any atom is -0.493 e. The van der Waals surface area contributed by atoms with Crippen molar-refractivity contribution in [2.45, 2.75) is 47.0 Å². The molecule has 0 aliphatic rings. The van der Waals surface area contributed by atoms with E-state index in [9.17, 15) is 0 Å². The fraction of sp³-hybridized carbons (Fsp3) is 0.556. The van der Waals surface area contributed by atoms with Gasteiger partial charge in [-0.1, -0.05) is 32.4 Å². The van der Waals surface area contributed by atoms with Gasteiger partial charge in [0.2, 0.25) is 0 Å². The van der Waals surface area contributed by atoms with Gasteiger partial charge in [0.15, 0.2) is 0 Å². The lowest BCUT2D eigenvalue weighted by molar-refractivity contribution is 0.299. The van der Waals surface area contributed by atoms with Crippen molar-refractivity contribution in [2.24, 2.45) is 5.92 Å². The zero-order valence-corrected chi connectivity index (χ0v) is 14.2. The lowest BCUT2D eigenvalue weighted by Crippen LogP contribution is -2.04. The molecule has 21 heavy (non-hydrogen) atoms. The van der Waals surface area contributed by atoms with Crippen LogP contribution in [0.15, 0.2) is 12.1 Å². The summed E-state index contributed by atoms with van der Waals surface area (Å²) in [6.07, 6.45) is 2.75. The molecule has 0 aromatic heterocycles. The molecule has 0 saturated carbocycles. The van der Waals surface area contributed by atoms with E-state index >= 15 is 0 Å². The summed E-state index contributed by atoms with van der Waals surface area (Å²) in [5.74, 6) is 7.95. The Bertz CT molecular complexity index is 500. The van der Waals surface area contributed by atoms with E-state index in [1.165, 1.54) is 0 Å². The third-order valence-electron chi connectivity index (χ3n) is 2.96. The molecule has 0 spiro atoms. The van der Waals surface area contributed by atoms with E-state index in [-0.39, 0.29) is 5.92 Å². The first-order chi connectivity index (χ1) is 10.1. The number of halogens is 1. The van der Waals surface area contributed by atoms with E-state index in [1.54, 1.807) is 0 Å². The molecule has 0 bridgehead atoms. The highest BCUT2D eigenvalue weighted by molar-refractivity contribution is 6.32. The average molecular weight is 309 g/mol. The molecule has 1 rings (SSSR count). The van der Waals surface area contributed by atoms with Crippen molar-refractivity contribution in [3.8, 4) is 23.3 Å². The molecule has 0 amide bonds. The van der Waals surface area contributed by atoms with E-state index < -0.39 is 0 Å². The first-order valence-corrected chi connectivity index (χ1v) is 8.00. The van der Waals surface area contributed by atoms with Gasteiger partial charge in [-0.2, -0.15) is 0 Å². The van der Waals surface area contributed by atoms with Crippen LogP contribution in [0.25, 0.3) is 0 Å². The van der Waals surface area contributed by atoms with Crippen LogP contribution in [0.5, 0.6) is 11.5 Å². The number of hydrogen-bond acceptors (Lipinski definition) is 2. The van der Waals surface area contributed by atoms with Gasteiger partial charge in [-0.3, -0.25) is 0 Å².